The van der Waals surface area contributed by atoms with E-state index in [-0.39, 0.29) is 25.7 Å². The van der Waals surface area contributed by atoms with Crippen LogP contribution in [0.15, 0.2) is 0 Å². The average molecular weight is 176 g/mol. The van der Waals surface area contributed by atoms with Crippen molar-refractivity contribution in [3.8, 4) is 0 Å². The summed E-state index contributed by atoms with van der Waals surface area (Å²) in [6.45, 7) is 0. The number of aliphatic carboxylic acids is 2. The van der Waals surface area contributed by atoms with Gasteiger partial charge in [-0.3, -0.25) is 9.59 Å². The minimum atomic E-state index is -0.982. The molecule has 0 aliphatic heterocycles. The van der Waals surface area contributed by atoms with E-state index in [0.29, 0.717) is 0 Å². The zero-order valence-corrected chi connectivity index (χ0v) is 6.56. The molecule has 5 heteroatoms. The summed E-state index contributed by atoms with van der Waals surface area (Å²) in [6, 6.07) is 0. The van der Waals surface area contributed by atoms with Gasteiger partial charge in [0.25, 0.3) is 0 Å². The predicted octanol–water partition coefficient (Wildman–Crippen LogP) is 0.0769. The van der Waals surface area contributed by atoms with Crippen LogP contribution in [-0.2, 0) is 9.59 Å². The van der Waals surface area contributed by atoms with E-state index in [1.54, 1.807) is 0 Å². The second-order valence-corrected chi connectivity index (χ2v) is 2.52. The SMILES string of the molecule is O=C(O)CCC(O)CCC(=O)O. The second kappa shape index (κ2) is 5.54. The Labute approximate surface area is 69.6 Å². The Hall–Kier alpha value is -1.10. The van der Waals surface area contributed by atoms with Crippen molar-refractivity contribution >= 4 is 11.9 Å². The molecule has 0 bridgehead atoms. The summed E-state index contributed by atoms with van der Waals surface area (Å²) in [7, 11) is 0. The van der Waals surface area contributed by atoms with Crippen LogP contribution in [0.4, 0.5) is 0 Å². The Morgan fingerprint density at radius 2 is 1.33 bits per heavy atom. The number of carboxylic acid groups (broad SMARTS) is 2. The van der Waals surface area contributed by atoms with E-state index in [0.717, 1.165) is 0 Å². The van der Waals surface area contributed by atoms with E-state index >= 15 is 0 Å². The summed E-state index contributed by atoms with van der Waals surface area (Å²) in [6.07, 6.45) is -0.843. The van der Waals surface area contributed by atoms with Crippen LogP contribution < -0.4 is 0 Å². The zero-order valence-electron chi connectivity index (χ0n) is 6.56. The minimum Gasteiger partial charge on any atom is -0.481 e. The largest absolute Gasteiger partial charge is 0.481 e. The standard InChI is InChI=1S/C7H12O5/c8-5(1-3-6(9)10)2-4-7(11)12/h5,8H,1-4H2,(H,9,10)(H,11,12). The summed E-state index contributed by atoms with van der Waals surface area (Å²) < 4.78 is 0. The summed E-state index contributed by atoms with van der Waals surface area (Å²) in [5.41, 5.74) is 0. The first-order valence-corrected chi connectivity index (χ1v) is 3.64. The predicted molar refractivity (Wildman–Crippen MR) is 39.7 cm³/mol. The number of rotatable bonds is 6. The van der Waals surface area contributed by atoms with Crippen LogP contribution in [0.3, 0.4) is 0 Å². The van der Waals surface area contributed by atoms with Crippen LogP contribution >= 0.6 is 0 Å². The van der Waals surface area contributed by atoms with Gasteiger partial charge in [0.1, 0.15) is 0 Å². The molecule has 0 spiro atoms. The topological polar surface area (TPSA) is 94.8 Å². The van der Waals surface area contributed by atoms with Gasteiger partial charge in [-0.1, -0.05) is 0 Å². The Morgan fingerprint density at radius 3 is 1.58 bits per heavy atom. The molecule has 12 heavy (non-hydrogen) atoms. The van der Waals surface area contributed by atoms with E-state index in [4.69, 9.17) is 15.3 Å². The molecular formula is C7H12O5. The summed E-state index contributed by atoms with van der Waals surface area (Å²) in [5, 5.41) is 25.4. The third-order valence-corrected chi connectivity index (χ3v) is 1.38. The lowest BCUT2D eigenvalue weighted by Crippen LogP contribution is -2.11. The Bertz CT molecular complexity index is 147. The first-order valence-electron chi connectivity index (χ1n) is 3.64. The minimum absolute atomic E-state index is 0.114. The molecule has 0 saturated heterocycles. The number of aliphatic hydroxyl groups is 1. The van der Waals surface area contributed by atoms with Crippen LogP contribution in [0.2, 0.25) is 0 Å². The van der Waals surface area contributed by atoms with Gasteiger partial charge in [0.05, 0.1) is 6.10 Å². The van der Waals surface area contributed by atoms with E-state index in [9.17, 15) is 9.59 Å². The van der Waals surface area contributed by atoms with Crippen LogP contribution in [-0.4, -0.2) is 33.4 Å². The van der Waals surface area contributed by atoms with Crippen LogP contribution in [0.1, 0.15) is 25.7 Å². The van der Waals surface area contributed by atoms with Crippen molar-refractivity contribution < 1.29 is 24.9 Å². The third-order valence-electron chi connectivity index (χ3n) is 1.38. The lowest BCUT2D eigenvalue weighted by molar-refractivity contribution is -0.137. The summed E-state index contributed by atoms with van der Waals surface area (Å²) in [5.74, 6) is -1.96. The molecule has 0 fully saturated rings. The molecule has 70 valence electrons. The molecule has 5 nitrogen and oxygen atoms in total. The smallest absolute Gasteiger partial charge is 0.303 e. The van der Waals surface area contributed by atoms with Gasteiger partial charge >= 0.3 is 11.9 Å². The average Bonchev–Trinajstić information content (AvgIpc) is 1.96. The highest BCUT2D eigenvalue weighted by atomic mass is 16.4. The van der Waals surface area contributed by atoms with Gasteiger partial charge in [0.15, 0.2) is 0 Å². The number of hydrogen-bond acceptors (Lipinski definition) is 3. The number of carbonyl (C=O) groups is 2. The van der Waals surface area contributed by atoms with Gasteiger partial charge in [-0.2, -0.15) is 0 Å². The normalized spacial score (nSPS) is 10.2. The van der Waals surface area contributed by atoms with Crippen molar-refractivity contribution in [2.75, 3.05) is 0 Å². The maximum atomic E-state index is 10.0. The highest BCUT2D eigenvalue weighted by molar-refractivity contribution is 5.67. The first-order chi connectivity index (χ1) is 5.52. The van der Waals surface area contributed by atoms with Gasteiger partial charge in [-0.15, -0.1) is 0 Å². The summed E-state index contributed by atoms with van der Waals surface area (Å²) in [4.78, 5) is 20.0. The molecule has 0 aromatic rings. The fraction of sp³-hybridized carbons (Fsp3) is 0.714. The fourth-order valence-electron chi connectivity index (χ4n) is 0.725. The Balaban J connectivity index is 3.39. The lowest BCUT2D eigenvalue weighted by Gasteiger charge is -2.05. The van der Waals surface area contributed by atoms with Crippen LogP contribution in [0.25, 0.3) is 0 Å². The van der Waals surface area contributed by atoms with Gasteiger partial charge < -0.3 is 15.3 Å². The van der Waals surface area contributed by atoms with E-state index in [1.165, 1.54) is 0 Å². The monoisotopic (exact) mass is 176 g/mol. The molecule has 3 N–H and O–H groups in total. The Kier molecular flexibility index (Phi) is 5.03. The molecule has 0 atom stereocenters. The molecule has 0 saturated carbocycles. The molecule has 0 unspecified atom stereocenters. The molecular weight excluding hydrogens is 164 g/mol. The Morgan fingerprint density at radius 1 is 1.00 bits per heavy atom. The van der Waals surface area contributed by atoms with Crippen LogP contribution in [0, 0.1) is 0 Å². The molecule has 0 aliphatic carbocycles. The van der Waals surface area contributed by atoms with Gasteiger partial charge in [0, 0.05) is 12.8 Å². The molecule has 0 heterocycles. The van der Waals surface area contributed by atoms with Crippen molar-refractivity contribution in [3.05, 3.63) is 0 Å². The second-order valence-electron chi connectivity index (χ2n) is 2.52. The van der Waals surface area contributed by atoms with E-state index in [2.05, 4.69) is 0 Å². The number of aliphatic hydroxyl groups excluding tert-OH is 1. The highest BCUT2D eigenvalue weighted by Crippen LogP contribution is 2.04. The van der Waals surface area contributed by atoms with Gasteiger partial charge in [-0.05, 0) is 12.8 Å². The molecule has 0 radical (unpaired) electrons. The third kappa shape index (κ3) is 7.01. The van der Waals surface area contributed by atoms with Gasteiger partial charge in [0.2, 0.25) is 0 Å². The molecule has 0 amide bonds. The summed E-state index contributed by atoms with van der Waals surface area (Å²) >= 11 is 0. The number of hydrogen-bond donors (Lipinski definition) is 3. The molecule has 0 aromatic carbocycles. The highest BCUT2D eigenvalue weighted by Gasteiger charge is 2.08. The van der Waals surface area contributed by atoms with E-state index < -0.39 is 18.0 Å². The quantitative estimate of drug-likeness (QED) is 0.532. The van der Waals surface area contributed by atoms with Crippen LogP contribution in [0.5, 0.6) is 0 Å². The molecule has 0 rings (SSSR count). The maximum Gasteiger partial charge on any atom is 0.303 e. The fourth-order valence-corrected chi connectivity index (χ4v) is 0.725. The zero-order chi connectivity index (χ0) is 9.56. The van der Waals surface area contributed by atoms with Crippen molar-refractivity contribution in [3.63, 3.8) is 0 Å². The first kappa shape index (κ1) is 10.9. The van der Waals surface area contributed by atoms with Crippen molar-refractivity contribution in [1.29, 1.82) is 0 Å². The van der Waals surface area contributed by atoms with E-state index in [1.807, 2.05) is 0 Å². The molecule has 0 aliphatic rings. The maximum absolute atomic E-state index is 10.0. The van der Waals surface area contributed by atoms with Crippen molar-refractivity contribution in [2.24, 2.45) is 0 Å². The molecule has 0 aromatic heterocycles. The van der Waals surface area contributed by atoms with Gasteiger partial charge in [-0.25, -0.2) is 0 Å². The lowest BCUT2D eigenvalue weighted by atomic mass is 10.1. The number of carboxylic acids is 2. The van der Waals surface area contributed by atoms with Crippen molar-refractivity contribution in [1.82, 2.24) is 0 Å². The van der Waals surface area contributed by atoms with Crippen molar-refractivity contribution in [2.45, 2.75) is 31.8 Å².